The Hall–Kier alpha value is -3.39. The van der Waals surface area contributed by atoms with Gasteiger partial charge >= 0.3 is 5.97 Å². The molecule has 1 aliphatic carbocycles. The van der Waals surface area contributed by atoms with Crippen molar-refractivity contribution in [3.8, 4) is 0 Å². The summed E-state index contributed by atoms with van der Waals surface area (Å²) in [6, 6.07) is 4.61. The smallest absolute Gasteiger partial charge is 0.335 e. The van der Waals surface area contributed by atoms with Crippen molar-refractivity contribution in [1.82, 2.24) is 9.88 Å². The zero-order valence-electron chi connectivity index (χ0n) is 17.0. The number of benzene rings is 1. The summed E-state index contributed by atoms with van der Waals surface area (Å²) < 4.78 is 5.37. The molecule has 1 aromatic heterocycles. The third-order valence-electron chi connectivity index (χ3n) is 6.20. The van der Waals surface area contributed by atoms with E-state index in [1.54, 1.807) is 12.1 Å². The van der Waals surface area contributed by atoms with Gasteiger partial charge in [0, 0.05) is 30.0 Å². The highest BCUT2D eigenvalue weighted by atomic mass is 16.5. The van der Waals surface area contributed by atoms with Crippen LogP contribution >= 0.6 is 0 Å². The van der Waals surface area contributed by atoms with E-state index in [4.69, 9.17) is 4.74 Å². The van der Waals surface area contributed by atoms with Crippen molar-refractivity contribution in [1.29, 1.82) is 0 Å². The fourth-order valence-corrected chi connectivity index (χ4v) is 4.61. The van der Waals surface area contributed by atoms with E-state index in [1.807, 2.05) is 4.90 Å². The van der Waals surface area contributed by atoms with Gasteiger partial charge in [0.1, 0.15) is 5.69 Å². The van der Waals surface area contributed by atoms with Crippen molar-refractivity contribution >= 4 is 35.1 Å². The van der Waals surface area contributed by atoms with Crippen LogP contribution in [0.3, 0.4) is 0 Å². The molecule has 2 aliphatic heterocycles. The highest BCUT2D eigenvalue weighted by molar-refractivity contribution is 6.35. The second-order valence-corrected chi connectivity index (χ2v) is 8.06. The third kappa shape index (κ3) is 3.42. The van der Waals surface area contributed by atoms with Crippen LogP contribution in [0, 0.1) is 0 Å². The predicted molar refractivity (Wildman–Crippen MR) is 114 cm³/mol. The number of carboxylic acids is 1. The third-order valence-corrected chi connectivity index (χ3v) is 6.20. The summed E-state index contributed by atoms with van der Waals surface area (Å²) in [5.74, 6) is -1.34. The number of aromatic carboxylic acids is 1. The number of carbonyl (C=O) groups excluding carboxylic acids is 2. The number of morpholine rings is 1. The maximum absolute atomic E-state index is 13.2. The Bertz CT molecular complexity index is 1120. The van der Waals surface area contributed by atoms with E-state index in [0.29, 0.717) is 48.8 Å². The predicted octanol–water partition coefficient (Wildman–Crippen LogP) is 2.56. The molecule has 3 heterocycles. The van der Waals surface area contributed by atoms with E-state index in [0.717, 1.165) is 42.5 Å². The lowest BCUT2D eigenvalue weighted by molar-refractivity contribution is -0.110. The van der Waals surface area contributed by atoms with Crippen molar-refractivity contribution in [2.75, 3.05) is 31.6 Å². The molecule has 0 saturated carbocycles. The first-order valence-electron chi connectivity index (χ1n) is 10.5. The van der Waals surface area contributed by atoms with Crippen LogP contribution in [0.25, 0.3) is 11.6 Å². The Morgan fingerprint density at radius 1 is 1.10 bits per heavy atom. The lowest BCUT2D eigenvalue weighted by atomic mass is 9.91. The van der Waals surface area contributed by atoms with Crippen molar-refractivity contribution in [2.45, 2.75) is 25.7 Å². The number of aromatic nitrogens is 1. The molecule has 0 bridgehead atoms. The van der Waals surface area contributed by atoms with Gasteiger partial charge < -0.3 is 25.0 Å². The van der Waals surface area contributed by atoms with Crippen LogP contribution in [0.4, 0.5) is 5.69 Å². The van der Waals surface area contributed by atoms with Crippen LogP contribution in [-0.4, -0.2) is 59.1 Å². The van der Waals surface area contributed by atoms with Crippen LogP contribution in [0.1, 0.15) is 56.1 Å². The summed E-state index contributed by atoms with van der Waals surface area (Å²) in [5, 5.41) is 12.0. The van der Waals surface area contributed by atoms with E-state index >= 15 is 0 Å². The number of aromatic amines is 1. The molecule has 31 heavy (non-hydrogen) atoms. The first kappa shape index (κ1) is 19.6. The zero-order valence-corrected chi connectivity index (χ0v) is 17.0. The first-order chi connectivity index (χ1) is 15.0. The second-order valence-electron chi connectivity index (χ2n) is 8.06. The summed E-state index contributed by atoms with van der Waals surface area (Å²) in [5.41, 5.74) is 5.28. The molecule has 160 valence electrons. The van der Waals surface area contributed by atoms with Crippen LogP contribution in [0.15, 0.2) is 18.2 Å². The topological polar surface area (TPSA) is 112 Å². The average Bonchev–Trinajstić information content (AvgIpc) is 3.31. The molecule has 3 N–H and O–H groups in total. The summed E-state index contributed by atoms with van der Waals surface area (Å²) in [7, 11) is 0. The number of hydrogen-bond acceptors (Lipinski definition) is 4. The average molecular weight is 421 g/mol. The zero-order chi connectivity index (χ0) is 21.5. The molecule has 8 nitrogen and oxygen atoms in total. The van der Waals surface area contributed by atoms with Gasteiger partial charge in [0.15, 0.2) is 0 Å². The number of carbonyl (C=O) groups is 3. The fraction of sp³-hybridized carbons (Fsp3) is 0.348. The van der Waals surface area contributed by atoms with Gasteiger partial charge in [-0.05, 0) is 55.0 Å². The molecule has 1 saturated heterocycles. The van der Waals surface area contributed by atoms with E-state index in [9.17, 15) is 19.5 Å². The normalized spacial score (nSPS) is 19.2. The van der Waals surface area contributed by atoms with Crippen molar-refractivity contribution in [3.05, 3.63) is 51.8 Å². The van der Waals surface area contributed by atoms with Gasteiger partial charge in [-0.25, -0.2) is 4.79 Å². The van der Waals surface area contributed by atoms with Crippen LogP contribution in [0.2, 0.25) is 0 Å². The Balaban J connectivity index is 1.55. The molecule has 3 aliphatic rings. The minimum atomic E-state index is -1.04. The number of carboxylic acid groups (broad SMARTS) is 1. The van der Waals surface area contributed by atoms with E-state index < -0.39 is 5.97 Å². The molecule has 0 spiro atoms. The first-order valence-corrected chi connectivity index (χ1v) is 10.5. The molecule has 1 aromatic carbocycles. The van der Waals surface area contributed by atoms with Gasteiger partial charge in [-0.15, -0.1) is 0 Å². The summed E-state index contributed by atoms with van der Waals surface area (Å²) >= 11 is 0. The molecule has 8 heteroatoms. The van der Waals surface area contributed by atoms with Crippen LogP contribution < -0.4 is 5.32 Å². The summed E-state index contributed by atoms with van der Waals surface area (Å²) in [6.45, 7) is 2.23. The number of ether oxygens (including phenoxy) is 1. The van der Waals surface area contributed by atoms with Gasteiger partial charge in [-0.2, -0.15) is 0 Å². The van der Waals surface area contributed by atoms with Crippen LogP contribution in [-0.2, 0) is 22.4 Å². The quantitative estimate of drug-likeness (QED) is 0.660. The maximum Gasteiger partial charge on any atom is 0.335 e. The van der Waals surface area contributed by atoms with Crippen molar-refractivity contribution in [2.24, 2.45) is 0 Å². The lowest BCUT2D eigenvalue weighted by Crippen LogP contribution is -2.41. The molecular formula is C23H23N3O5. The fourth-order valence-electron chi connectivity index (χ4n) is 4.61. The highest BCUT2D eigenvalue weighted by Crippen LogP contribution is 2.36. The number of amides is 2. The standard InChI is InChI=1S/C23H23N3O5/c27-21-17(15-6-5-13(23(29)30)11-18(15)25-21)12-19-14-3-1-2-4-16(14)20(24-19)22(28)26-7-9-31-10-8-26/h5-6,11-12,24H,1-4,7-10H2,(H,25,27)(H,29,30)/b17-12-. The summed E-state index contributed by atoms with van der Waals surface area (Å²) in [6.07, 6.45) is 5.56. The Morgan fingerprint density at radius 2 is 1.84 bits per heavy atom. The number of anilines is 1. The lowest BCUT2D eigenvalue weighted by Gasteiger charge is -2.27. The number of fused-ring (bicyclic) bond motifs is 2. The van der Waals surface area contributed by atoms with Gasteiger partial charge in [0.25, 0.3) is 11.8 Å². The van der Waals surface area contributed by atoms with Gasteiger partial charge in [-0.3, -0.25) is 9.59 Å². The minimum Gasteiger partial charge on any atom is -0.478 e. The summed E-state index contributed by atoms with van der Waals surface area (Å²) in [4.78, 5) is 42.2. The number of rotatable bonds is 3. The van der Waals surface area contributed by atoms with E-state index in [1.165, 1.54) is 12.1 Å². The number of hydrogen-bond donors (Lipinski definition) is 3. The van der Waals surface area contributed by atoms with Gasteiger partial charge in [0.2, 0.25) is 0 Å². The SMILES string of the molecule is O=C1Nc2cc(C(=O)O)ccc2/C1=C/c1[nH]c(C(=O)N2CCOCC2)c2c1CCCC2. The molecule has 2 amide bonds. The van der Waals surface area contributed by atoms with Gasteiger partial charge in [-0.1, -0.05) is 6.07 Å². The number of H-pyrrole nitrogens is 1. The molecule has 0 radical (unpaired) electrons. The van der Waals surface area contributed by atoms with Crippen molar-refractivity contribution in [3.63, 3.8) is 0 Å². The monoisotopic (exact) mass is 421 g/mol. The highest BCUT2D eigenvalue weighted by Gasteiger charge is 2.30. The second kappa shape index (κ2) is 7.70. The number of nitrogens with zero attached hydrogens (tertiary/aromatic N) is 1. The largest absolute Gasteiger partial charge is 0.478 e. The Labute approximate surface area is 178 Å². The molecule has 1 fully saturated rings. The van der Waals surface area contributed by atoms with E-state index in [2.05, 4.69) is 10.3 Å². The molecular weight excluding hydrogens is 398 g/mol. The molecule has 2 aromatic rings. The minimum absolute atomic E-state index is 0.0199. The molecule has 5 rings (SSSR count). The maximum atomic E-state index is 13.2. The van der Waals surface area contributed by atoms with Gasteiger partial charge in [0.05, 0.1) is 24.4 Å². The Kier molecular flexibility index (Phi) is 4.86. The number of nitrogens with one attached hydrogen (secondary N) is 2. The molecule has 0 unspecified atom stereocenters. The molecule has 0 atom stereocenters. The van der Waals surface area contributed by atoms with Crippen molar-refractivity contribution < 1.29 is 24.2 Å². The van der Waals surface area contributed by atoms with E-state index in [-0.39, 0.29) is 17.4 Å². The Morgan fingerprint density at radius 3 is 2.58 bits per heavy atom. The van der Waals surface area contributed by atoms with Crippen LogP contribution in [0.5, 0.6) is 0 Å².